The highest BCUT2D eigenvalue weighted by atomic mass is 16.2. The fraction of sp³-hybridized carbons (Fsp3) is 0.625. The lowest BCUT2D eigenvalue weighted by Crippen LogP contribution is -2.55. The van der Waals surface area contributed by atoms with Crippen molar-refractivity contribution in [1.82, 2.24) is 20.6 Å². The van der Waals surface area contributed by atoms with Crippen LogP contribution in [0.5, 0.6) is 0 Å². The molecular formula is C16H22N4O2. The molecule has 1 aromatic heterocycles. The third-order valence-corrected chi connectivity index (χ3v) is 4.96. The lowest BCUT2D eigenvalue weighted by molar-refractivity contribution is -0.127. The molecule has 2 amide bonds. The number of aromatic nitrogens is 2. The fourth-order valence-corrected chi connectivity index (χ4v) is 3.83. The summed E-state index contributed by atoms with van der Waals surface area (Å²) in [5.74, 6) is 0.988. The van der Waals surface area contributed by atoms with Gasteiger partial charge in [0.05, 0.1) is 6.20 Å². The summed E-state index contributed by atoms with van der Waals surface area (Å²) in [6.07, 6.45) is 9.03. The second kappa shape index (κ2) is 6.42. The van der Waals surface area contributed by atoms with Crippen LogP contribution in [0.25, 0.3) is 0 Å². The molecule has 2 N–H and O–H groups in total. The Labute approximate surface area is 130 Å². The Kier molecular flexibility index (Phi) is 4.36. The standard InChI is InChI=1S/C16H22N4O2/c1-2-10-7-15(21)20-13-8-11(3-4-12(10)13)19-16(22)14-9-17-5-6-18-14/h5-6,9-13H,2-4,7-8H2,1H3,(H,19,22)(H,20,21). The number of nitrogens with one attached hydrogen (secondary N) is 2. The molecule has 4 atom stereocenters. The van der Waals surface area contributed by atoms with Gasteiger partial charge in [-0.25, -0.2) is 4.98 Å². The zero-order valence-corrected chi connectivity index (χ0v) is 12.8. The second-order valence-corrected chi connectivity index (χ2v) is 6.28. The van der Waals surface area contributed by atoms with E-state index in [-0.39, 0.29) is 23.9 Å². The van der Waals surface area contributed by atoms with Crippen molar-refractivity contribution in [3.8, 4) is 0 Å². The molecule has 1 saturated heterocycles. The molecular weight excluding hydrogens is 280 g/mol. The number of rotatable bonds is 3. The predicted octanol–water partition coefficient (Wildman–Crippen LogP) is 1.29. The maximum Gasteiger partial charge on any atom is 0.271 e. The summed E-state index contributed by atoms with van der Waals surface area (Å²) >= 11 is 0. The van der Waals surface area contributed by atoms with Gasteiger partial charge in [0.25, 0.3) is 5.91 Å². The Morgan fingerprint density at radius 1 is 1.41 bits per heavy atom. The van der Waals surface area contributed by atoms with E-state index in [4.69, 9.17) is 0 Å². The van der Waals surface area contributed by atoms with Crippen LogP contribution in [0.1, 0.15) is 49.5 Å². The van der Waals surface area contributed by atoms with Gasteiger partial charge in [0.15, 0.2) is 0 Å². The Bertz CT molecular complexity index is 548. The van der Waals surface area contributed by atoms with Crippen LogP contribution in [0.3, 0.4) is 0 Å². The van der Waals surface area contributed by atoms with Gasteiger partial charge >= 0.3 is 0 Å². The van der Waals surface area contributed by atoms with Crippen LogP contribution in [0.2, 0.25) is 0 Å². The third-order valence-electron chi connectivity index (χ3n) is 4.96. The molecule has 2 heterocycles. The average Bonchev–Trinajstić information content (AvgIpc) is 2.54. The number of carbonyl (C=O) groups excluding carboxylic acids is 2. The van der Waals surface area contributed by atoms with Gasteiger partial charge in [-0.1, -0.05) is 13.3 Å². The third kappa shape index (κ3) is 3.10. The van der Waals surface area contributed by atoms with E-state index in [1.807, 2.05) is 0 Å². The summed E-state index contributed by atoms with van der Waals surface area (Å²) < 4.78 is 0. The Balaban J connectivity index is 1.62. The van der Waals surface area contributed by atoms with Gasteiger partial charge in [-0.15, -0.1) is 0 Å². The summed E-state index contributed by atoms with van der Waals surface area (Å²) in [5.41, 5.74) is 0.337. The van der Waals surface area contributed by atoms with Gasteiger partial charge < -0.3 is 10.6 Å². The minimum Gasteiger partial charge on any atom is -0.353 e. The molecule has 3 rings (SSSR count). The molecule has 118 valence electrons. The van der Waals surface area contributed by atoms with E-state index in [9.17, 15) is 9.59 Å². The first kappa shape index (κ1) is 14.9. The topological polar surface area (TPSA) is 84.0 Å². The number of piperidine rings is 1. The van der Waals surface area contributed by atoms with Crippen molar-refractivity contribution >= 4 is 11.8 Å². The van der Waals surface area contributed by atoms with Crippen LogP contribution >= 0.6 is 0 Å². The van der Waals surface area contributed by atoms with Crippen LogP contribution in [-0.2, 0) is 4.79 Å². The van der Waals surface area contributed by atoms with Crippen molar-refractivity contribution in [3.05, 3.63) is 24.3 Å². The van der Waals surface area contributed by atoms with Crippen molar-refractivity contribution in [1.29, 1.82) is 0 Å². The van der Waals surface area contributed by atoms with Crippen molar-refractivity contribution in [2.24, 2.45) is 11.8 Å². The molecule has 2 aliphatic rings. The Hall–Kier alpha value is -1.98. The quantitative estimate of drug-likeness (QED) is 0.881. The molecule has 1 aliphatic heterocycles. The summed E-state index contributed by atoms with van der Waals surface area (Å²) in [6.45, 7) is 2.16. The average molecular weight is 302 g/mol. The second-order valence-electron chi connectivity index (χ2n) is 6.28. The van der Waals surface area contributed by atoms with Crippen LogP contribution in [0.15, 0.2) is 18.6 Å². The SMILES string of the molecule is CCC1CC(=O)NC2CC(NC(=O)c3cnccn3)CCC12. The molecule has 1 aliphatic carbocycles. The van der Waals surface area contributed by atoms with Crippen LogP contribution < -0.4 is 10.6 Å². The molecule has 6 heteroatoms. The van der Waals surface area contributed by atoms with E-state index in [2.05, 4.69) is 27.5 Å². The van der Waals surface area contributed by atoms with Crippen molar-refractivity contribution < 1.29 is 9.59 Å². The largest absolute Gasteiger partial charge is 0.353 e. The van der Waals surface area contributed by atoms with Crippen LogP contribution in [0.4, 0.5) is 0 Å². The van der Waals surface area contributed by atoms with E-state index in [0.29, 0.717) is 24.0 Å². The molecule has 1 saturated carbocycles. The highest BCUT2D eigenvalue weighted by Gasteiger charge is 2.40. The molecule has 2 fully saturated rings. The first-order valence-electron chi connectivity index (χ1n) is 8.03. The van der Waals surface area contributed by atoms with Gasteiger partial charge in [0, 0.05) is 30.9 Å². The summed E-state index contributed by atoms with van der Waals surface area (Å²) in [5, 5.41) is 6.13. The predicted molar refractivity (Wildman–Crippen MR) is 81.0 cm³/mol. The molecule has 0 aromatic carbocycles. The van der Waals surface area contributed by atoms with Gasteiger partial charge in [0.2, 0.25) is 5.91 Å². The molecule has 0 radical (unpaired) electrons. The molecule has 4 unspecified atom stereocenters. The highest BCUT2D eigenvalue weighted by molar-refractivity contribution is 5.92. The molecule has 0 bridgehead atoms. The van der Waals surface area contributed by atoms with Gasteiger partial charge in [0.1, 0.15) is 5.69 Å². The van der Waals surface area contributed by atoms with E-state index >= 15 is 0 Å². The smallest absolute Gasteiger partial charge is 0.271 e. The molecule has 6 nitrogen and oxygen atoms in total. The van der Waals surface area contributed by atoms with Crippen molar-refractivity contribution in [3.63, 3.8) is 0 Å². The van der Waals surface area contributed by atoms with Crippen LogP contribution in [-0.4, -0.2) is 33.9 Å². The van der Waals surface area contributed by atoms with Gasteiger partial charge in [-0.05, 0) is 31.1 Å². The Morgan fingerprint density at radius 3 is 3.00 bits per heavy atom. The monoisotopic (exact) mass is 302 g/mol. The number of nitrogens with zero attached hydrogens (tertiary/aromatic N) is 2. The molecule has 1 aromatic rings. The minimum atomic E-state index is -0.189. The van der Waals surface area contributed by atoms with E-state index < -0.39 is 0 Å². The number of hydrogen-bond donors (Lipinski definition) is 2. The number of fused-ring (bicyclic) bond motifs is 1. The molecule has 22 heavy (non-hydrogen) atoms. The highest BCUT2D eigenvalue weighted by Crippen LogP contribution is 2.36. The lowest BCUT2D eigenvalue weighted by Gasteiger charge is -2.43. The van der Waals surface area contributed by atoms with Crippen molar-refractivity contribution in [2.45, 2.75) is 51.1 Å². The summed E-state index contributed by atoms with van der Waals surface area (Å²) in [7, 11) is 0. The van der Waals surface area contributed by atoms with E-state index in [1.54, 1.807) is 6.20 Å². The molecule has 0 spiro atoms. The fourth-order valence-electron chi connectivity index (χ4n) is 3.83. The zero-order chi connectivity index (χ0) is 15.5. The summed E-state index contributed by atoms with van der Waals surface area (Å²) in [6, 6.07) is 0.277. The van der Waals surface area contributed by atoms with Crippen molar-refractivity contribution in [2.75, 3.05) is 0 Å². The van der Waals surface area contributed by atoms with E-state index in [1.165, 1.54) is 12.4 Å². The first-order valence-corrected chi connectivity index (χ1v) is 8.03. The van der Waals surface area contributed by atoms with E-state index in [0.717, 1.165) is 25.7 Å². The van der Waals surface area contributed by atoms with Crippen LogP contribution in [0, 0.1) is 11.8 Å². The van der Waals surface area contributed by atoms with Gasteiger partial charge in [-0.2, -0.15) is 0 Å². The normalized spacial score (nSPS) is 31.0. The maximum atomic E-state index is 12.2. The summed E-state index contributed by atoms with van der Waals surface area (Å²) in [4.78, 5) is 31.9. The zero-order valence-electron chi connectivity index (χ0n) is 12.8. The maximum absolute atomic E-state index is 12.2. The number of amides is 2. The first-order chi connectivity index (χ1) is 10.7. The number of hydrogen-bond acceptors (Lipinski definition) is 4. The minimum absolute atomic E-state index is 0.0895. The Morgan fingerprint density at radius 2 is 2.27 bits per heavy atom. The number of carbonyl (C=O) groups is 2. The lowest BCUT2D eigenvalue weighted by atomic mass is 9.70. The van der Waals surface area contributed by atoms with Gasteiger partial charge in [-0.3, -0.25) is 14.6 Å².